The van der Waals surface area contributed by atoms with Gasteiger partial charge in [-0.15, -0.1) is 10.2 Å². The molecule has 5 rings (SSSR count). The summed E-state index contributed by atoms with van der Waals surface area (Å²) >= 11 is 0. The molecule has 32 heavy (non-hydrogen) atoms. The van der Waals surface area contributed by atoms with Crippen LogP contribution in [0.5, 0.6) is 0 Å². The van der Waals surface area contributed by atoms with Gasteiger partial charge in [-0.05, 0) is 75.1 Å². The fourth-order valence-corrected chi connectivity index (χ4v) is 5.48. The van der Waals surface area contributed by atoms with Gasteiger partial charge in [-0.3, -0.25) is 4.57 Å². The maximum absolute atomic E-state index is 15.6. The third-order valence-corrected chi connectivity index (χ3v) is 7.15. The molecular formula is C23H24FN5O2S. The quantitative estimate of drug-likeness (QED) is 0.486. The molecule has 9 heteroatoms. The maximum atomic E-state index is 15.6. The van der Waals surface area contributed by atoms with Crippen LogP contribution in [0.2, 0.25) is 0 Å². The summed E-state index contributed by atoms with van der Waals surface area (Å²) in [6.07, 6.45) is 2.71. The summed E-state index contributed by atoms with van der Waals surface area (Å²) in [5.41, 5.74) is 4.27. The summed E-state index contributed by atoms with van der Waals surface area (Å²) < 4.78 is 43.2. The highest BCUT2D eigenvalue weighted by Crippen LogP contribution is 2.44. The Morgan fingerprint density at radius 2 is 1.78 bits per heavy atom. The minimum atomic E-state index is -3.47. The van der Waals surface area contributed by atoms with E-state index in [1.54, 1.807) is 12.3 Å². The molecule has 7 nitrogen and oxygen atoms in total. The fraction of sp³-hybridized carbons (Fsp3) is 0.304. The SMILES string of the molecule is Cc1cc(-c2cc(F)c3c(c2C)-n2c(C)nnc2C(C)(C)N3)c2ccn(S(C)(=O)=O)c2c1. The molecule has 0 radical (unpaired) electrons. The maximum Gasteiger partial charge on any atom is 0.236 e. The summed E-state index contributed by atoms with van der Waals surface area (Å²) in [5, 5.41) is 12.6. The van der Waals surface area contributed by atoms with Gasteiger partial charge in [0.2, 0.25) is 10.0 Å². The van der Waals surface area contributed by atoms with Gasteiger partial charge in [0, 0.05) is 11.6 Å². The van der Waals surface area contributed by atoms with E-state index in [4.69, 9.17) is 0 Å². The Bertz CT molecular complexity index is 1550. The Morgan fingerprint density at radius 1 is 1.06 bits per heavy atom. The van der Waals surface area contributed by atoms with Crippen molar-refractivity contribution >= 4 is 26.6 Å². The predicted molar refractivity (Wildman–Crippen MR) is 123 cm³/mol. The second-order valence-corrected chi connectivity index (χ2v) is 10.9. The van der Waals surface area contributed by atoms with Crippen molar-refractivity contribution in [2.45, 2.75) is 40.2 Å². The largest absolute Gasteiger partial charge is 0.369 e. The standard InChI is InChI=1S/C23H24FN5O2S/c1-12-9-17(15-7-8-28(19(15)10-12)32(6,30)31)16-11-18(24)20-21(13(16)2)29-14(3)26-27-22(29)23(4,5)25-20/h7-11,25H,1-6H3. The molecule has 2 aromatic carbocycles. The third kappa shape index (κ3) is 2.80. The lowest BCUT2D eigenvalue weighted by atomic mass is 9.91. The second kappa shape index (κ2) is 6.41. The zero-order valence-electron chi connectivity index (χ0n) is 18.8. The molecule has 1 N–H and O–H groups in total. The minimum absolute atomic E-state index is 0.385. The third-order valence-electron chi connectivity index (χ3n) is 6.11. The number of nitrogens with zero attached hydrogens (tertiary/aromatic N) is 4. The lowest BCUT2D eigenvalue weighted by Gasteiger charge is -2.35. The van der Waals surface area contributed by atoms with E-state index in [1.807, 2.05) is 51.3 Å². The Morgan fingerprint density at radius 3 is 2.47 bits per heavy atom. The van der Waals surface area contributed by atoms with Crippen molar-refractivity contribution in [1.82, 2.24) is 18.7 Å². The summed E-state index contributed by atoms with van der Waals surface area (Å²) in [6.45, 7) is 9.58. The van der Waals surface area contributed by atoms with E-state index in [-0.39, 0.29) is 5.82 Å². The van der Waals surface area contributed by atoms with Gasteiger partial charge in [-0.2, -0.15) is 0 Å². The lowest BCUT2D eigenvalue weighted by Crippen LogP contribution is -2.37. The molecule has 0 unspecified atom stereocenters. The monoisotopic (exact) mass is 453 g/mol. The molecule has 3 heterocycles. The molecular weight excluding hydrogens is 429 g/mol. The van der Waals surface area contributed by atoms with Crippen molar-refractivity contribution in [3.05, 3.63) is 59.1 Å². The molecule has 0 saturated carbocycles. The average molecular weight is 454 g/mol. The Hall–Kier alpha value is -3.20. The molecule has 0 atom stereocenters. The summed E-state index contributed by atoms with van der Waals surface area (Å²) in [6, 6.07) is 7.08. The van der Waals surface area contributed by atoms with Crippen LogP contribution in [0, 0.1) is 26.6 Å². The number of rotatable bonds is 2. The van der Waals surface area contributed by atoms with Gasteiger partial charge in [-0.25, -0.2) is 16.8 Å². The van der Waals surface area contributed by atoms with Gasteiger partial charge in [-0.1, -0.05) is 6.07 Å². The van der Waals surface area contributed by atoms with E-state index in [2.05, 4.69) is 15.5 Å². The predicted octanol–water partition coefficient (Wildman–Crippen LogP) is 4.42. The van der Waals surface area contributed by atoms with E-state index in [1.165, 1.54) is 16.3 Å². The minimum Gasteiger partial charge on any atom is -0.369 e. The first-order valence-corrected chi connectivity index (χ1v) is 12.1. The molecule has 0 amide bonds. The van der Waals surface area contributed by atoms with Crippen molar-refractivity contribution in [3.63, 3.8) is 0 Å². The highest BCUT2D eigenvalue weighted by atomic mass is 32.2. The van der Waals surface area contributed by atoms with E-state index in [0.717, 1.165) is 22.1 Å². The first-order valence-electron chi connectivity index (χ1n) is 10.3. The number of nitrogens with one attached hydrogen (secondary N) is 1. The molecule has 0 bridgehead atoms. The number of hydrogen-bond acceptors (Lipinski definition) is 5. The molecule has 166 valence electrons. The molecule has 4 aromatic rings. The van der Waals surface area contributed by atoms with Gasteiger partial charge in [0.05, 0.1) is 28.7 Å². The zero-order valence-corrected chi connectivity index (χ0v) is 19.6. The number of fused-ring (bicyclic) bond motifs is 4. The van der Waals surface area contributed by atoms with Crippen LogP contribution in [-0.2, 0) is 15.6 Å². The van der Waals surface area contributed by atoms with Crippen LogP contribution in [0.3, 0.4) is 0 Å². The second-order valence-electron chi connectivity index (χ2n) is 9.03. The van der Waals surface area contributed by atoms with Crippen LogP contribution in [0.15, 0.2) is 30.5 Å². The number of aryl methyl sites for hydroxylation is 2. The van der Waals surface area contributed by atoms with Crippen molar-refractivity contribution in [1.29, 1.82) is 0 Å². The van der Waals surface area contributed by atoms with E-state index < -0.39 is 15.6 Å². The van der Waals surface area contributed by atoms with Crippen LogP contribution >= 0.6 is 0 Å². The number of benzene rings is 2. The summed E-state index contributed by atoms with van der Waals surface area (Å²) in [7, 11) is -3.47. The van der Waals surface area contributed by atoms with E-state index >= 15 is 4.39 Å². The van der Waals surface area contributed by atoms with Gasteiger partial charge in [0.1, 0.15) is 11.6 Å². The van der Waals surface area contributed by atoms with Crippen molar-refractivity contribution in [3.8, 4) is 16.8 Å². The molecule has 2 aromatic heterocycles. The first-order chi connectivity index (χ1) is 14.9. The van der Waals surface area contributed by atoms with Crippen LogP contribution < -0.4 is 5.32 Å². The lowest BCUT2D eigenvalue weighted by molar-refractivity contribution is 0.521. The number of aromatic nitrogens is 4. The highest BCUT2D eigenvalue weighted by Gasteiger charge is 2.37. The smallest absolute Gasteiger partial charge is 0.236 e. The van der Waals surface area contributed by atoms with E-state index in [0.29, 0.717) is 34.1 Å². The first kappa shape index (κ1) is 20.7. The molecule has 1 aliphatic heterocycles. The van der Waals surface area contributed by atoms with Crippen LogP contribution in [0.25, 0.3) is 27.7 Å². The van der Waals surface area contributed by atoms with Crippen molar-refractivity contribution < 1.29 is 12.8 Å². The van der Waals surface area contributed by atoms with Gasteiger partial charge in [0.15, 0.2) is 5.82 Å². The molecule has 0 spiro atoms. The Kier molecular flexibility index (Phi) is 4.15. The van der Waals surface area contributed by atoms with Crippen LogP contribution in [-0.4, -0.2) is 33.4 Å². The highest BCUT2D eigenvalue weighted by molar-refractivity contribution is 7.89. The molecule has 1 aliphatic rings. The number of halogens is 1. The Labute approximate surface area is 185 Å². The van der Waals surface area contributed by atoms with Crippen molar-refractivity contribution in [2.24, 2.45) is 0 Å². The topological polar surface area (TPSA) is 81.8 Å². The number of anilines is 1. The van der Waals surface area contributed by atoms with Crippen LogP contribution in [0.4, 0.5) is 10.1 Å². The number of hydrogen-bond donors (Lipinski definition) is 1. The summed E-state index contributed by atoms with van der Waals surface area (Å²) in [5.74, 6) is 0.998. The van der Waals surface area contributed by atoms with E-state index in [9.17, 15) is 8.42 Å². The zero-order chi connectivity index (χ0) is 23.2. The van der Waals surface area contributed by atoms with Crippen LogP contribution in [0.1, 0.15) is 36.6 Å². The van der Waals surface area contributed by atoms with Crippen molar-refractivity contribution in [2.75, 3.05) is 11.6 Å². The molecule has 0 aliphatic carbocycles. The molecule has 0 saturated heterocycles. The molecule has 0 fully saturated rings. The Balaban J connectivity index is 1.86. The van der Waals surface area contributed by atoms with Gasteiger partial charge >= 0.3 is 0 Å². The van der Waals surface area contributed by atoms with Gasteiger partial charge < -0.3 is 5.32 Å². The average Bonchev–Trinajstić information content (AvgIpc) is 3.28. The normalized spacial score (nSPS) is 14.8. The summed E-state index contributed by atoms with van der Waals surface area (Å²) in [4.78, 5) is 0. The fourth-order valence-electron chi connectivity index (χ4n) is 4.69. The van der Waals surface area contributed by atoms with Gasteiger partial charge in [0.25, 0.3) is 0 Å².